The molecule has 8 nitrogen and oxygen atoms in total. The fourth-order valence-electron chi connectivity index (χ4n) is 2.98. The van der Waals surface area contributed by atoms with Crippen molar-refractivity contribution in [3.05, 3.63) is 24.3 Å². The molecule has 1 aromatic rings. The summed E-state index contributed by atoms with van der Waals surface area (Å²) in [5.41, 5.74) is -1.01. The van der Waals surface area contributed by atoms with Crippen LogP contribution in [0.3, 0.4) is 0 Å². The second-order valence-electron chi connectivity index (χ2n) is 7.39. The number of likely N-dealkylation sites (tertiary alicyclic amines) is 1. The topological polar surface area (TPSA) is 113 Å². The molecule has 1 aliphatic rings. The lowest BCUT2D eigenvalue weighted by molar-refractivity contribution is -0.147. The Morgan fingerprint density at radius 3 is 2.30 bits per heavy atom. The van der Waals surface area contributed by atoms with Gasteiger partial charge in [-0.15, -0.1) is 0 Å². The van der Waals surface area contributed by atoms with Gasteiger partial charge in [0.15, 0.2) is 0 Å². The lowest BCUT2D eigenvalue weighted by Crippen LogP contribution is -2.51. The third kappa shape index (κ3) is 4.59. The van der Waals surface area contributed by atoms with Crippen molar-refractivity contribution < 1.29 is 27.9 Å². The zero-order valence-corrected chi connectivity index (χ0v) is 16.7. The van der Waals surface area contributed by atoms with Crippen molar-refractivity contribution in [2.75, 3.05) is 20.2 Å². The van der Waals surface area contributed by atoms with E-state index in [1.54, 1.807) is 20.8 Å². The van der Waals surface area contributed by atoms with E-state index in [2.05, 4.69) is 4.72 Å². The molecule has 1 saturated heterocycles. The number of sulfonamides is 1. The van der Waals surface area contributed by atoms with Crippen molar-refractivity contribution in [2.24, 2.45) is 11.3 Å². The van der Waals surface area contributed by atoms with E-state index in [-0.39, 0.29) is 23.9 Å². The van der Waals surface area contributed by atoms with Crippen LogP contribution in [0.25, 0.3) is 0 Å². The Labute approximate surface area is 159 Å². The number of carbonyl (C=O) groups is 2. The first kappa shape index (κ1) is 21.2. The third-order valence-corrected chi connectivity index (χ3v) is 6.34. The zero-order valence-electron chi connectivity index (χ0n) is 15.9. The molecule has 1 aliphatic heterocycles. The summed E-state index contributed by atoms with van der Waals surface area (Å²) in [7, 11) is -2.44. The van der Waals surface area contributed by atoms with E-state index in [4.69, 9.17) is 4.74 Å². The average Bonchev–Trinajstić information content (AvgIpc) is 3.03. The van der Waals surface area contributed by atoms with Crippen LogP contribution in [0, 0.1) is 11.3 Å². The fourth-order valence-corrected chi connectivity index (χ4v) is 4.32. The van der Waals surface area contributed by atoms with Crippen molar-refractivity contribution in [1.29, 1.82) is 0 Å². The number of hydrogen-bond donors (Lipinski definition) is 2. The second kappa shape index (κ2) is 7.85. The first-order chi connectivity index (χ1) is 12.5. The molecule has 1 amide bonds. The van der Waals surface area contributed by atoms with Crippen LogP contribution in [-0.2, 0) is 19.6 Å². The van der Waals surface area contributed by atoms with E-state index in [0.29, 0.717) is 12.2 Å². The maximum atomic E-state index is 12.9. The Balaban J connectivity index is 2.19. The maximum absolute atomic E-state index is 12.9. The minimum absolute atomic E-state index is 0.0264. The lowest BCUT2D eigenvalue weighted by Gasteiger charge is -2.27. The summed E-state index contributed by atoms with van der Waals surface area (Å²) in [4.78, 5) is 25.7. The number of nitrogens with one attached hydrogen (secondary N) is 1. The van der Waals surface area contributed by atoms with E-state index in [9.17, 15) is 23.1 Å². The molecule has 150 valence electrons. The highest BCUT2D eigenvalue weighted by Crippen LogP contribution is 2.31. The van der Waals surface area contributed by atoms with Crippen LogP contribution in [0.15, 0.2) is 29.2 Å². The Bertz CT molecular complexity index is 806. The van der Waals surface area contributed by atoms with E-state index in [1.165, 1.54) is 36.3 Å². The number of benzene rings is 1. The fraction of sp³-hybridized carbons (Fsp3) is 0.556. The van der Waals surface area contributed by atoms with Crippen molar-refractivity contribution >= 4 is 21.9 Å². The van der Waals surface area contributed by atoms with Crippen molar-refractivity contribution in [2.45, 2.75) is 38.1 Å². The van der Waals surface area contributed by atoms with Crippen LogP contribution in [0.5, 0.6) is 5.75 Å². The minimum atomic E-state index is -3.92. The molecular formula is C18H26N2O6S. The molecular weight excluding hydrogens is 372 g/mol. The molecule has 0 aliphatic carbocycles. The molecule has 27 heavy (non-hydrogen) atoms. The van der Waals surface area contributed by atoms with E-state index in [1.807, 2.05) is 0 Å². The zero-order chi connectivity index (χ0) is 20.4. The van der Waals surface area contributed by atoms with Gasteiger partial charge in [-0.25, -0.2) is 8.42 Å². The SMILES string of the molecule is COc1ccc(S(=O)(=O)N[C@@H](C(=O)N2CC[C@@](C)(C(=O)O)C2)C(C)C)cc1. The minimum Gasteiger partial charge on any atom is -0.497 e. The molecule has 1 aromatic carbocycles. The molecule has 0 radical (unpaired) electrons. The predicted molar refractivity (Wildman–Crippen MR) is 98.9 cm³/mol. The van der Waals surface area contributed by atoms with Gasteiger partial charge in [-0.05, 0) is 43.5 Å². The molecule has 0 aromatic heterocycles. The van der Waals surface area contributed by atoms with Gasteiger partial charge >= 0.3 is 5.97 Å². The highest BCUT2D eigenvalue weighted by Gasteiger charge is 2.44. The van der Waals surface area contributed by atoms with E-state index < -0.39 is 33.4 Å². The number of hydrogen-bond acceptors (Lipinski definition) is 5. The molecule has 1 heterocycles. The summed E-state index contributed by atoms with van der Waals surface area (Å²) < 4.78 is 32.9. The normalized spacial score (nSPS) is 21.3. The number of ether oxygens (including phenoxy) is 1. The van der Waals surface area contributed by atoms with Crippen LogP contribution in [-0.4, -0.2) is 56.5 Å². The van der Waals surface area contributed by atoms with Gasteiger partial charge < -0.3 is 14.7 Å². The van der Waals surface area contributed by atoms with Crippen molar-refractivity contribution in [3.8, 4) is 5.75 Å². The molecule has 1 fully saturated rings. The van der Waals surface area contributed by atoms with Crippen LogP contribution < -0.4 is 9.46 Å². The van der Waals surface area contributed by atoms with Crippen LogP contribution >= 0.6 is 0 Å². The van der Waals surface area contributed by atoms with Gasteiger partial charge in [0.25, 0.3) is 0 Å². The molecule has 0 bridgehead atoms. The summed E-state index contributed by atoms with van der Waals surface area (Å²) in [6, 6.07) is 4.88. The molecule has 0 saturated carbocycles. The van der Waals surface area contributed by atoms with Gasteiger partial charge in [0.05, 0.1) is 17.4 Å². The lowest BCUT2D eigenvalue weighted by atomic mass is 9.90. The highest BCUT2D eigenvalue weighted by molar-refractivity contribution is 7.89. The van der Waals surface area contributed by atoms with Crippen LogP contribution in [0.1, 0.15) is 27.2 Å². The molecule has 9 heteroatoms. The number of carboxylic acids is 1. The average molecular weight is 398 g/mol. The number of carbonyl (C=O) groups excluding carboxylic acids is 1. The van der Waals surface area contributed by atoms with Gasteiger partial charge in [0, 0.05) is 13.1 Å². The van der Waals surface area contributed by atoms with Gasteiger partial charge in [-0.1, -0.05) is 13.8 Å². The summed E-state index contributed by atoms with van der Waals surface area (Å²) in [6.45, 7) is 5.43. The molecule has 2 atom stereocenters. The summed E-state index contributed by atoms with van der Waals surface area (Å²) in [5, 5.41) is 9.34. The number of nitrogens with zero attached hydrogens (tertiary/aromatic N) is 1. The number of rotatable bonds is 7. The van der Waals surface area contributed by atoms with E-state index >= 15 is 0 Å². The van der Waals surface area contributed by atoms with E-state index in [0.717, 1.165) is 0 Å². The third-order valence-electron chi connectivity index (χ3n) is 4.89. The summed E-state index contributed by atoms with van der Waals surface area (Å²) in [6.07, 6.45) is 0.337. The van der Waals surface area contributed by atoms with Crippen LogP contribution in [0.4, 0.5) is 0 Å². The second-order valence-corrected chi connectivity index (χ2v) is 9.11. The predicted octanol–water partition coefficient (Wildman–Crippen LogP) is 1.32. The largest absolute Gasteiger partial charge is 0.497 e. The number of amides is 1. The number of carboxylic acid groups (broad SMARTS) is 1. The van der Waals surface area contributed by atoms with Gasteiger partial charge in [0.1, 0.15) is 11.8 Å². The standard InChI is InChI=1S/C18H26N2O6S/c1-12(2)15(16(21)20-10-9-18(3,11-20)17(22)23)19-27(24,25)14-7-5-13(26-4)6-8-14/h5-8,12,15,19H,9-11H2,1-4H3,(H,22,23)/t15-,18-/m1/s1. The van der Waals surface area contributed by atoms with Crippen molar-refractivity contribution in [3.63, 3.8) is 0 Å². The monoisotopic (exact) mass is 398 g/mol. The van der Waals surface area contributed by atoms with Gasteiger partial charge in [-0.2, -0.15) is 4.72 Å². The smallest absolute Gasteiger partial charge is 0.311 e. The first-order valence-electron chi connectivity index (χ1n) is 8.69. The molecule has 0 spiro atoms. The van der Waals surface area contributed by atoms with Gasteiger partial charge in [-0.3, -0.25) is 9.59 Å². The first-order valence-corrected chi connectivity index (χ1v) is 10.2. The summed E-state index contributed by atoms with van der Waals surface area (Å²) >= 11 is 0. The van der Waals surface area contributed by atoms with Crippen LogP contribution in [0.2, 0.25) is 0 Å². The maximum Gasteiger partial charge on any atom is 0.311 e. The Kier molecular flexibility index (Phi) is 6.16. The Morgan fingerprint density at radius 1 is 1.26 bits per heavy atom. The highest BCUT2D eigenvalue weighted by atomic mass is 32.2. The Hall–Kier alpha value is -2.13. The summed E-state index contributed by atoms with van der Waals surface area (Å²) in [5.74, 6) is -1.15. The Morgan fingerprint density at radius 2 is 1.85 bits per heavy atom. The number of aliphatic carboxylic acids is 1. The van der Waals surface area contributed by atoms with Gasteiger partial charge in [0.2, 0.25) is 15.9 Å². The van der Waals surface area contributed by atoms with Crippen molar-refractivity contribution in [1.82, 2.24) is 9.62 Å². The molecule has 0 unspecified atom stereocenters. The molecule has 2 rings (SSSR count). The molecule has 2 N–H and O–H groups in total. The quantitative estimate of drug-likeness (QED) is 0.716. The number of methoxy groups -OCH3 is 1.